The van der Waals surface area contributed by atoms with Gasteiger partial charge >= 0.3 is 0 Å². The molecule has 1 fully saturated rings. The Morgan fingerprint density at radius 1 is 1.20 bits per heavy atom. The second kappa shape index (κ2) is 11.5. The topological polar surface area (TPSA) is 143 Å². The molecule has 3 heterocycles. The normalized spacial score (nSPS) is 16.0. The van der Waals surface area contributed by atoms with Crippen LogP contribution < -0.4 is 15.8 Å². The Morgan fingerprint density at radius 3 is 2.66 bits per heavy atom. The number of hydrogen-bond donors (Lipinski definition) is 3. The molecule has 1 saturated heterocycles. The van der Waals surface area contributed by atoms with E-state index in [1.54, 1.807) is 30.5 Å². The van der Waals surface area contributed by atoms with E-state index in [0.717, 1.165) is 25.9 Å². The standard InChI is InChI=1S/C23H27N7O3S.ClH/c1-2-30-12-4-6-18(30)14-27-34(32,33)19-9-7-16(8-10-19)20-15-26-22(24)21(29-20)23(31)28-17-5-3-11-25-13-17;/h3,5,7-11,13,15,18,27H,2,4,6,12,14H2,1H3,(H2,24,26)(H,28,31);1H. The number of nitrogens with two attached hydrogens (primary N) is 1. The Hall–Kier alpha value is -3.12. The average molecular weight is 518 g/mol. The lowest BCUT2D eigenvalue weighted by molar-refractivity contribution is 0.102. The van der Waals surface area contributed by atoms with Crippen molar-refractivity contribution in [2.24, 2.45) is 0 Å². The van der Waals surface area contributed by atoms with Gasteiger partial charge in [0.05, 0.1) is 28.7 Å². The van der Waals surface area contributed by atoms with E-state index in [-0.39, 0.29) is 34.9 Å². The van der Waals surface area contributed by atoms with Crippen LogP contribution in [0.1, 0.15) is 30.3 Å². The molecule has 0 saturated carbocycles. The summed E-state index contributed by atoms with van der Waals surface area (Å²) in [5.41, 5.74) is 7.34. The van der Waals surface area contributed by atoms with E-state index in [9.17, 15) is 13.2 Å². The number of likely N-dealkylation sites (tertiary alicyclic amines) is 1. The molecule has 1 amide bonds. The lowest BCUT2D eigenvalue weighted by atomic mass is 10.1. The van der Waals surface area contributed by atoms with Crippen LogP contribution in [-0.2, 0) is 10.0 Å². The summed E-state index contributed by atoms with van der Waals surface area (Å²) in [5.74, 6) is -0.530. The fraction of sp³-hybridized carbons (Fsp3) is 0.304. The Morgan fingerprint density at radius 2 is 1.97 bits per heavy atom. The third-order valence-corrected chi connectivity index (χ3v) is 7.25. The first-order valence-electron chi connectivity index (χ1n) is 11.1. The Kier molecular flexibility index (Phi) is 8.73. The molecule has 3 aromatic rings. The maximum Gasteiger partial charge on any atom is 0.278 e. The van der Waals surface area contributed by atoms with Crippen molar-refractivity contribution < 1.29 is 13.2 Å². The number of carbonyl (C=O) groups excluding carboxylic acids is 1. The molecule has 0 bridgehead atoms. The summed E-state index contributed by atoms with van der Waals surface area (Å²) < 4.78 is 28.2. The van der Waals surface area contributed by atoms with Crippen LogP contribution in [0, 0.1) is 0 Å². The Labute approximate surface area is 210 Å². The third-order valence-electron chi connectivity index (χ3n) is 5.81. The molecule has 35 heavy (non-hydrogen) atoms. The van der Waals surface area contributed by atoms with Gasteiger partial charge in [-0.2, -0.15) is 0 Å². The fourth-order valence-corrected chi connectivity index (χ4v) is 5.04. The van der Waals surface area contributed by atoms with Crippen LogP contribution in [0.15, 0.2) is 59.9 Å². The van der Waals surface area contributed by atoms with Crippen molar-refractivity contribution >= 4 is 39.8 Å². The molecule has 0 spiro atoms. The summed E-state index contributed by atoms with van der Waals surface area (Å²) in [4.78, 5) is 27.4. The summed E-state index contributed by atoms with van der Waals surface area (Å²) >= 11 is 0. The highest BCUT2D eigenvalue weighted by atomic mass is 35.5. The van der Waals surface area contributed by atoms with E-state index in [4.69, 9.17) is 5.73 Å². The number of amides is 1. The number of sulfonamides is 1. The largest absolute Gasteiger partial charge is 0.382 e. The first-order valence-corrected chi connectivity index (χ1v) is 12.5. The van der Waals surface area contributed by atoms with E-state index in [1.807, 2.05) is 0 Å². The van der Waals surface area contributed by atoms with Crippen LogP contribution in [-0.4, -0.2) is 59.9 Å². The third kappa shape index (κ3) is 6.31. The number of nitrogen functional groups attached to an aromatic ring is 1. The van der Waals surface area contributed by atoms with Crippen LogP contribution in [0.2, 0.25) is 0 Å². The minimum absolute atomic E-state index is 0. The molecular weight excluding hydrogens is 490 g/mol. The molecule has 1 aliphatic rings. The quantitative estimate of drug-likeness (QED) is 0.413. The molecule has 1 unspecified atom stereocenters. The zero-order valence-electron chi connectivity index (χ0n) is 19.2. The monoisotopic (exact) mass is 517 g/mol. The number of rotatable bonds is 8. The first-order chi connectivity index (χ1) is 16.4. The molecule has 4 rings (SSSR count). The van der Waals surface area contributed by atoms with Gasteiger partial charge in [-0.3, -0.25) is 14.7 Å². The second-order valence-electron chi connectivity index (χ2n) is 7.99. The van der Waals surface area contributed by atoms with Crippen molar-refractivity contribution in [2.75, 3.05) is 30.7 Å². The number of likely N-dealkylation sites (N-methyl/N-ethyl adjacent to an activating group) is 1. The van der Waals surface area contributed by atoms with Crippen molar-refractivity contribution in [3.63, 3.8) is 0 Å². The van der Waals surface area contributed by atoms with Crippen LogP contribution in [0.4, 0.5) is 11.5 Å². The van der Waals surface area contributed by atoms with E-state index < -0.39 is 15.9 Å². The number of halogens is 1. The van der Waals surface area contributed by atoms with E-state index >= 15 is 0 Å². The molecule has 10 nitrogen and oxygen atoms in total. The average Bonchev–Trinajstić information content (AvgIpc) is 3.31. The number of nitrogens with one attached hydrogen (secondary N) is 2. The molecule has 2 aromatic heterocycles. The Balaban J connectivity index is 0.00000342. The van der Waals surface area contributed by atoms with Gasteiger partial charge in [-0.05, 0) is 50.2 Å². The van der Waals surface area contributed by atoms with Gasteiger partial charge in [0, 0.05) is 24.3 Å². The molecule has 4 N–H and O–H groups in total. The van der Waals surface area contributed by atoms with E-state index in [1.165, 1.54) is 24.5 Å². The van der Waals surface area contributed by atoms with Gasteiger partial charge in [-0.15, -0.1) is 12.4 Å². The predicted octanol–water partition coefficient (Wildman–Crippen LogP) is 2.56. The van der Waals surface area contributed by atoms with Gasteiger partial charge in [0.25, 0.3) is 5.91 Å². The van der Waals surface area contributed by atoms with Crippen LogP contribution >= 0.6 is 12.4 Å². The first kappa shape index (κ1) is 26.5. The van der Waals surface area contributed by atoms with Gasteiger partial charge in [-0.25, -0.2) is 23.1 Å². The zero-order valence-corrected chi connectivity index (χ0v) is 20.8. The van der Waals surface area contributed by atoms with Crippen LogP contribution in [0.3, 0.4) is 0 Å². The summed E-state index contributed by atoms with van der Waals surface area (Å²) in [6.45, 7) is 4.38. The number of carbonyl (C=O) groups is 1. The number of aromatic nitrogens is 3. The molecule has 1 atom stereocenters. The summed E-state index contributed by atoms with van der Waals surface area (Å²) in [6, 6.07) is 9.89. The van der Waals surface area contributed by atoms with Crippen LogP contribution in [0.5, 0.6) is 0 Å². The molecular formula is C23H28ClN7O3S. The summed E-state index contributed by atoms with van der Waals surface area (Å²) in [6.07, 6.45) is 6.61. The molecule has 12 heteroatoms. The zero-order chi connectivity index (χ0) is 24.1. The number of pyridine rings is 1. The summed E-state index contributed by atoms with van der Waals surface area (Å²) in [7, 11) is -3.64. The predicted molar refractivity (Wildman–Crippen MR) is 137 cm³/mol. The van der Waals surface area contributed by atoms with Gasteiger partial charge < -0.3 is 11.1 Å². The number of hydrogen-bond acceptors (Lipinski definition) is 8. The minimum atomic E-state index is -3.64. The number of anilines is 2. The molecule has 186 valence electrons. The van der Waals surface area contributed by atoms with E-state index in [0.29, 0.717) is 23.5 Å². The fourth-order valence-electron chi connectivity index (χ4n) is 3.97. The van der Waals surface area contributed by atoms with Crippen LogP contribution in [0.25, 0.3) is 11.3 Å². The molecule has 0 radical (unpaired) electrons. The van der Waals surface area contributed by atoms with Crippen molar-refractivity contribution in [2.45, 2.75) is 30.7 Å². The lowest BCUT2D eigenvalue weighted by Gasteiger charge is -2.22. The molecule has 1 aromatic carbocycles. The molecule has 0 aliphatic carbocycles. The van der Waals surface area contributed by atoms with Gasteiger partial charge in [-0.1, -0.05) is 19.1 Å². The minimum Gasteiger partial charge on any atom is -0.382 e. The van der Waals surface area contributed by atoms with Gasteiger partial charge in [0.1, 0.15) is 0 Å². The second-order valence-corrected chi connectivity index (χ2v) is 9.75. The summed E-state index contributed by atoms with van der Waals surface area (Å²) in [5, 5.41) is 2.68. The highest BCUT2D eigenvalue weighted by Gasteiger charge is 2.25. The highest BCUT2D eigenvalue weighted by molar-refractivity contribution is 7.89. The highest BCUT2D eigenvalue weighted by Crippen LogP contribution is 2.22. The number of nitrogens with zero attached hydrogens (tertiary/aromatic N) is 4. The van der Waals surface area contributed by atoms with Gasteiger partial charge in [0.15, 0.2) is 11.5 Å². The lowest BCUT2D eigenvalue weighted by Crippen LogP contribution is -2.39. The Bertz CT molecular complexity index is 1260. The van der Waals surface area contributed by atoms with Crippen molar-refractivity contribution in [1.29, 1.82) is 0 Å². The SMILES string of the molecule is CCN1CCCC1CNS(=O)(=O)c1ccc(-c2cnc(N)c(C(=O)Nc3cccnc3)n2)cc1.Cl. The molecule has 1 aliphatic heterocycles. The van der Waals surface area contributed by atoms with Crippen molar-refractivity contribution in [3.8, 4) is 11.3 Å². The van der Waals surface area contributed by atoms with Crippen molar-refractivity contribution in [1.82, 2.24) is 24.6 Å². The number of benzene rings is 1. The smallest absolute Gasteiger partial charge is 0.278 e. The maximum absolute atomic E-state index is 12.8. The van der Waals surface area contributed by atoms with Crippen molar-refractivity contribution in [3.05, 3.63) is 60.7 Å². The van der Waals surface area contributed by atoms with E-state index in [2.05, 4.69) is 36.8 Å². The maximum atomic E-state index is 12.8. The van der Waals surface area contributed by atoms with Gasteiger partial charge in [0.2, 0.25) is 10.0 Å².